The fourth-order valence-corrected chi connectivity index (χ4v) is 4.99. The van der Waals surface area contributed by atoms with Gasteiger partial charge in [0.25, 0.3) is 0 Å². The zero-order valence-electron chi connectivity index (χ0n) is 9.76. The third-order valence-electron chi connectivity index (χ3n) is 5.44. The van der Waals surface area contributed by atoms with Gasteiger partial charge in [0, 0.05) is 0 Å². The largest absolute Gasteiger partial charge is 0.481 e. The summed E-state index contributed by atoms with van der Waals surface area (Å²) in [6.07, 6.45) is 4.81. The molecule has 4 aliphatic rings. The van der Waals surface area contributed by atoms with Crippen molar-refractivity contribution >= 4 is 11.9 Å². The molecule has 0 aliphatic heterocycles. The Morgan fingerprint density at radius 2 is 1.41 bits per heavy atom. The molecule has 4 heteroatoms. The molecule has 17 heavy (non-hydrogen) atoms. The highest BCUT2D eigenvalue weighted by Crippen LogP contribution is 2.63. The van der Waals surface area contributed by atoms with E-state index in [0.717, 1.165) is 25.7 Å². The Kier molecular flexibility index (Phi) is 2.25. The van der Waals surface area contributed by atoms with E-state index in [4.69, 9.17) is 5.11 Å². The van der Waals surface area contributed by atoms with Crippen molar-refractivity contribution in [1.29, 1.82) is 0 Å². The number of hydrogen-bond donors (Lipinski definition) is 2. The van der Waals surface area contributed by atoms with Crippen molar-refractivity contribution in [3.63, 3.8) is 0 Å². The van der Waals surface area contributed by atoms with Crippen LogP contribution in [-0.4, -0.2) is 22.2 Å². The molecule has 0 radical (unpaired) electrons. The molecule has 0 saturated heterocycles. The van der Waals surface area contributed by atoms with Crippen molar-refractivity contribution in [2.45, 2.75) is 38.5 Å². The van der Waals surface area contributed by atoms with Gasteiger partial charge in [0.05, 0.1) is 11.8 Å². The summed E-state index contributed by atoms with van der Waals surface area (Å²) in [5, 5.41) is 18.6. The van der Waals surface area contributed by atoms with E-state index < -0.39 is 17.4 Å². The van der Waals surface area contributed by atoms with Gasteiger partial charge < -0.3 is 10.2 Å². The summed E-state index contributed by atoms with van der Waals surface area (Å²) in [6.45, 7) is 0. The molecule has 0 heterocycles. The summed E-state index contributed by atoms with van der Waals surface area (Å²) in [5.41, 5.74) is -0.959. The molecule has 0 aromatic carbocycles. The standard InChI is InChI=1S/C13H18O4/c14-11(15)6-13(12(16)17)9-2-7-1-8(4-9)5-10(13)3-7/h7-10H,1-6H2,(H,14,15)(H,16,17). The monoisotopic (exact) mass is 238 g/mol. The number of carboxylic acid groups (broad SMARTS) is 2. The summed E-state index contributed by atoms with van der Waals surface area (Å²) in [6, 6.07) is 0. The second-order valence-electron chi connectivity index (χ2n) is 6.22. The van der Waals surface area contributed by atoms with E-state index in [1.807, 2.05) is 0 Å². The van der Waals surface area contributed by atoms with Crippen LogP contribution in [0.25, 0.3) is 0 Å². The molecular weight excluding hydrogens is 220 g/mol. The SMILES string of the molecule is O=C(O)CC1(C(=O)O)C2CC3CC(C2)CC1C3. The smallest absolute Gasteiger partial charge is 0.310 e. The first-order chi connectivity index (χ1) is 8.02. The molecule has 0 unspecified atom stereocenters. The van der Waals surface area contributed by atoms with Gasteiger partial charge in [0.15, 0.2) is 0 Å². The minimum absolute atomic E-state index is 0.104. The van der Waals surface area contributed by atoms with Crippen LogP contribution in [0, 0.1) is 29.1 Å². The van der Waals surface area contributed by atoms with Gasteiger partial charge in [-0.25, -0.2) is 0 Å². The van der Waals surface area contributed by atoms with Crippen LogP contribution in [0.3, 0.4) is 0 Å². The zero-order chi connectivity index (χ0) is 12.2. The van der Waals surface area contributed by atoms with Crippen LogP contribution in [0.4, 0.5) is 0 Å². The van der Waals surface area contributed by atoms with Crippen LogP contribution in [0.15, 0.2) is 0 Å². The van der Waals surface area contributed by atoms with E-state index in [1.165, 1.54) is 6.42 Å². The first-order valence-corrected chi connectivity index (χ1v) is 6.47. The summed E-state index contributed by atoms with van der Waals surface area (Å²) >= 11 is 0. The highest BCUT2D eigenvalue weighted by Gasteiger charge is 2.61. The minimum Gasteiger partial charge on any atom is -0.481 e. The van der Waals surface area contributed by atoms with Crippen molar-refractivity contribution in [3.05, 3.63) is 0 Å². The van der Waals surface area contributed by atoms with Gasteiger partial charge in [-0.05, 0) is 55.8 Å². The third kappa shape index (κ3) is 1.42. The van der Waals surface area contributed by atoms with Gasteiger partial charge in [0.1, 0.15) is 0 Å². The topological polar surface area (TPSA) is 74.6 Å². The maximum atomic E-state index is 11.7. The lowest BCUT2D eigenvalue weighted by Gasteiger charge is -2.58. The highest BCUT2D eigenvalue weighted by molar-refractivity contribution is 5.82. The molecule has 0 aromatic heterocycles. The molecule has 0 spiro atoms. The van der Waals surface area contributed by atoms with Crippen LogP contribution >= 0.6 is 0 Å². The molecule has 0 amide bonds. The molecule has 0 atom stereocenters. The molecule has 0 aromatic rings. The molecule has 4 nitrogen and oxygen atoms in total. The first-order valence-electron chi connectivity index (χ1n) is 6.47. The molecule has 4 fully saturated rings. The Hall–Kier alpha value is -1.06. The number of hydrogen-bond acceptors (Lipinski definition) is 2. The molecule has 4 bridgehead atoms. The predicted molar refractivity (Wildman–Crippen MR) is 59.4 cm³/mol. The summed E-state index contributed by atoms with van der Waals surface area (Å²) in [7, 11) is 0. The summed E-state index contributed by atoms with van der Waals surface area (Å²) in [5.74, 6) is -0.286. The van der Waals surface area contributed by atoms with Gasteiger partial charge in [-0.3, -0.25) is 9.59 Å². The lowest BCUT2D eigenvalue weighted by Crippen LogP contribution is -2.57. The molecular formula is C13H18O4. The fraction of sp³-hybridized carbons (Fsp3) is 0.846. The molecule has 4 rings (SSSR count). The van der Waals surface area contributed by atoms with Crippen LogP contribution < -0.4 is 0 Å². The quantitative estimate of drug-likeness (QED) is 0.788. The minimum atomic E-state index is -0.959. The number of carboxylic acids is 2. The van der Waals surface area contributed by atoms with Crippen LogP contribution in [0.2, 0.25) is 0 Å². The average molecular weight is 238 g/mol. The van der Waals surface area contributed by atoms with E-state index in [2.05, 4.69) is 0 Å². The molecule has 2 N–H and O–H groups in total. The van der Waals surface area contributed by atoms with Crippen molar-refractivity contribution in [1.82, 2.24) is 0 Å². The fourth-order valence-electron chi connectivity index (χ4n) is 4.99. The van der Waals surface area contributed by atoms with Crippen LogP contribution in [-0.2, 0) is 9.59 Å². The Bertz CT molecular complexity index is 346. The van der Waals surface area contributed by atoms with Crippen molar-refractivity contribution in [2.75, 3.05) is 0 Å². The molecule has 94 valence electrons. The van der Waals surface area contributed by atoms with Gasteiger partial charge in [0.2, 0.25) is 0 Å². The lowest BCUT2D eigenvalue weighted by molar-refractivity contribution is -0.184. The van der Waals surface area contributed by atoms with Crippen molar-refractivity contribution in [3.8, 4) is 0 Å². The van der Waals surface area contributed by atoms with Gasteiger partial charge in [-0.15, -0.1) is 0 Å². The second kappa shape index (κ2) is 3.47. The predicted octanol–water partition coefficient (Wildman–Crippen LogP) is 1.99. The van der Waals surface area contributed by atoms with E-state index >= 15 is 0 Å². The molecule has 4 aliphatic carbocycles. The zero-order valence-corrected chi connectivity index (χ0v) is 9.76. The van der Waals surface area contributed by atoms with Gasteiger partial charge in [-0.1, -0.05) is 0 Å². The first kappa shape index (κ1) is 11.1. The number of rotatable bonds is 3. The van der Waals surface area contributed by atoms with Crippen molar-refractivity contribution in [2.24, 2.45) is 29.1 Å². The lowest BCUT2D eigenvalue weighted by atomic mass is 9.44. The Morgan fingerprint density at radius 1 is 0.941 bits per heavy atom. The second-order valence-corrected chi connectivity index (χ2v) is 6.22. The van der Waals surface area contributed by atoms with Crippen LogP contribution in [0.1, 0.15) is 38.5 Å². The molecule has 4 saturated carbocycles. The van der Waals surface area contributed by atoms with E-state index in [-0.39, 0.29) is 18.3 Å². The number of aliphatic carboxylic acids is 2. The van der Waals surface area contributed by atoms with Gasteiger partial charge in [-0.2, -0.15) is 0 Å². The van der Waals surface area contributed by atoms with E-state index in [1.54, 1.807) is 0 Å². The van der Waals surface area contributed by atoms with Crippen LogP contribution in [0.5, 0.6) is 0 Å². The Balaban J connectivity index is 1.98. The third-order valence-corrected chi connectivity index (χ3v) is 5.44. The maximum absolute atomic E-state index is 11.7. The summed E-state index contributed by atoms with van der Waals surface area (Å²) < 4.78 is 0. The summed E-state index contributed by atoms with van der Waals surface area (Å²) in [4.78, 5) is 22.7. The van der Waals surface area contributed by atoms with E-state index in [0.29, 0.717) is 11.8 Å². The van der Waals surface area contributed by atoms with Gasteiger partial charge >= 0.3 is 11.9 Å². The van der Waals surface area contributed by atoms with Crippen molar-refractivity contribution < 1.29 is 19.8 Å². The average Bonchev–Trinajstić information content (AvgIpc) is 2.21. The highest BCUT2D eigenvalue weighted by atomic mass is 16.4. The Labute approximate surface area is 100 Å². The Morgan fingerprint density at radius 3 is 1.76 bits per heavy atom. The maximum Gasteiger partial charge on any atom is 0.310 e. The number of carbonyl (C=O) groups is 2. The normalized spacial score (nSPS) is 47.1. The van der Waals surface area contributed by atoms with E-state index in [9.17, 15) is 14.7 Å².